The van der Waals surface area contributed by atoms with Crippen LogP contribution in [0.5, 0.6) is 5.75 Å². The van der Waals surface area contributed by atoms with Crippen LogP contribution >= 0.6 is 0 Å². The van der Waals surface area contributed by atoms with Crippen LogP contribution in [0, 0.1) is 6.92 Å². The maximum absolute atomic E-state index is 12.2. The molecule has 2 N–H and O–H groups in total. The molecule has 10 heteroatoms. The van der Waals surface area contributed by atoms with E-state index in [2.05, 4.69) is 0 Å². The van der Waals surface area contributed by atoms with E-state index in [-0.39, 0.29) is 4.90 Å². The average Bonchev–Trinajstić information content (AvgIpc) is 2.46. The van der Waals surface area contributed by atoms with Gasteiger partial charge in [-0.1, -0.05) is 17.7 Å². The first-order valence-electron chi connectivity index (χ1n) is 6.37. The van der Waals surface area contributed by atoms with Crippen molar-refractivity contribution in [3.05, 3.63) is 53.6 Å². The molecule has 0 aliphatic carbocycles. The lowest BCUT2D eigenvalue weighted by molar-refractivity contribution is 0.0695. The van der Waals surface area contributed by atoms with Crippen LogP contribution in [0.1, 0.15) is 15.9 Å². The van der Waals surface area contributed by atoms with Gasteiger partial charge in [0.1, 0.15) is 10.5 Å². The maximum Gasteiger partial charge on any atom is 0.339 e. The first-order valence-corrected chi connectivity index (χ1v) is 9.21. The molecule has 0 saturated heterocycles. The Morgan fingerprint density at radius 2 is 1.50 bits per heavy atom. The minimum absolute atomic E-state index is 0.191. The van der Waals surface area contributed by atoms with E-state index in [0.717, 1.165) is 17.7 Å². The van der Waals surface area contributed by atoms with Gasteiger partial charge >= 0.3 is 16.1 Å². The van der Waals surface area contributed by atoms with Gasteiger partial charge in [-0.25, -0.2) is 4.79 Å². The molecule has 0 aromatic heterocycles. The molecule has 0 atom stereocenters. The van der Waals surface area contributed by atoms with Gasteiger partial charge in [-0.2, -0.15) is 16.8 Å². The van der Waals surface area contributed by atoms with Crippen molar-refractivity contribution in [2.24, 2.45) is 0 Å². The number of carboxylic acids is 1. The van der Waals surface area contributed by atoms with Crippen molar-refractivity contribution in [2.75, 3.05) is 0 Å². The summed E-state index contributed by atoms with van der Waals surface area (Å²) < 4.78 is 60.2. The third kappa shape index (κ3) is 3.91. The molecule has 2 aromatic rings. The lowest BCUT2D eigenvalue weighted by atomic mass is 10.2. The van der Waals surface area contributed by atoms with Gasteiger partial charge in [-0.15, -0.1) is 0 Å². The summed E-state index contributed by atoms with van der Waals surface area (Å²) in [5.41, 5.74) is 0.0958. The standard InChI is InChI=1S/C14H12O8S2/c1-9-2-4-10(5-3-9)24(20,21)22-13-7-6-11(23(17,18)19)8-12(13)14(15)16/h2-8H,1H3,(H,15,16)(H,17,18,19). The molecule has 0 aliphatic heterocycles. The van der Waals surface area contributed by atoms with Gasteiger partial charge < -0.3 is 9.29 Å². The first-order chi connectivity index (χ1) is 11.0. The largest absolute Gasteiger partial charge is 0.478 e. The number of carboxylic acid groups (broad SMARTS) is 1. The van der Waals surface area contributed by atoms with Gasteiger partial charge in [0.2, 0.25) is 0 Å². The Balaban J connectivity index is 2.49. The highest BCUT2D eigenvalue weighted by atomic mass is 32.2. The molecule has 0 heterocycles. The van der Waals surface area contributed by atoms with Crippen molar-refractivity contribution in [3.63, 3.8) is 0 Å². The van der Waals surface area contributed by atoms with Crippen LogP contribution in [0.2, 0.25) is 0 Å². The van der Waals surface area contributed by atoms with Gasteiger partial charge in [-0.05, 0) is 37.3 Å². The predicted octanol–water partition coefficient (Wildman–Crippen LogP) is 1.71. The summed E-state index contributed by atoms with van der Waals surface area (Å²) in [5.74, 6) is -2.19. The Morgan fingerprint density at radius 1 is 0.958 bits per heavy atom. The Labute approximate surface area is 138 Å². The summed E-state index contributed by atoms with van der Waals surface area (Å²) in [6, 6.07) is 7.94. The van der Waals surface area contributed by atoms with Crippen molar-refractivity contribution in [3.8, 4) is 5.75 Å². The fraction of sp³-hybridized carbons (Fsp3) is 0.0714. The highest BCUT2D eigenvalue weighted by Crippen LogP contribution is 2.26. The smallest absolute Gasteiger partial charge is 0.339 e. The topological polar surface area (TPSA) is 135 Å². The molecule has 0 spiro atoms. The zero-order valence-corrected chi connectivity index (χ0v) is 13.8. The minimum Gasteiger partial charge on any atom is -0.478 e. The van der Waals surface area contributed by atoms with Gasteiger partial charge in [0.25, 0.3) is 10.1 Å². The van der Waals surface area contributed by atoms with Crippen LogP contribution in [0.4, 0.5) is 0 Å². The second kappa shape index (κ2) is 6.23. The molecule has 24 heavy (non-hydrogen) atoms. The number of rotatable bonds is 5. The van der Waals surface area contributed by atoms with Crippen LogP contribution in [0.15, 0.2) is 52.3 Å². The lowest BCUT2D eigenvalue weighted by Crippen LogP contribution is -2.13. The van der Waals surface area contributed by atoms with E-state index in [1.165, 1.54) is 24.3 Å². The number of hydrogen-bond acceptors (Lipinski definition) is 6. The summed E-state index contributed by atoms with van der Waals surface area (Å²) in [4.78, 5) is 10.3. The number of aryl methyl sites for hydroxylation is 1. The van der Waals surface area contributed by atoms with E-state index >= 15 is 0 Å². The molecule has 0 fully saturated rings. The number of aromatic carboxylic acids is 1. The molecule has 0 saturated carbocycles. The fourth-order valence-corrected chi connectivity index (χ4v) is 3.23. The van der Waals surface area contributed by atoms with Gasteiger partial charge in [0.05, 0.1) is 4.90 Å². The predicted molar refractivity (Wildman–Crippen MR) is 82.2 cm³/mol. The summed E-state index contributed by atoms with van der Waals surface area (Å²) in [6.45, 7) is 1.76. The lowest BCUT2D eigenvalue weighted by Gasteiger charge is -2.10. The molecule has 2 rings (SSSR count). The molecule has 128 valence electrons. The van der Waals surface area contributed by atoms with Crippen LogP contribution in [-0.2, 0) is 20.2 Å². The van der Waals surface area contributed by atoms with E-state index in [0.29, 0.717) is 6.07 Å². The van der Waals surface area contributed by atoms with E-state index in [9.17, 15) is 21.6 Å². The molecular weight excluding hydrogens is 360 g/mol. The molecule has 0 aliphatic rings. The van der Waals surface area contributed by atoms with Crippen LogP contribution < -0.4 is 4.18 Å². The normalized spacial score (nSPS) is 11.9. The van der Waals surface area contributed by atoms with E-state index in [1.54, 1.807) is 6.92 Å². The summed E-state index contributed by atoms with van der Waals surface area (Å²) in [5, 5.41) is 9.11. The highest BCUT2D eigenvalue weighted by Gasteiger charge is 2.23. The van der Waals surface area contributed by atoms with E-state index in [4.69, 9.17) is 13.8 Å². The van der Waals surface area contributed by atoms with Gasteiger partial charge in [0.15, 0.2) is 5.75 Å². The Bertz CT molecular complexity index is 990. The van der Waals surface area contributed by atoms with E-state index < -0.39 is 42.4 Å². The zero-order chi connectivity index (χ0) is 18.1. The Hall–Kier alpha value is -2.43. The van der Waals surface area contributed by atoms with Crippen molar-refractivity contribution < 1.29 is 35.5 Å². The molecule has 0 amide bonds. The monoisotopic (exact) mass is 372 g/mol. The first kappa shape index (κ1) is 17.9. The number of carbonyl (C=O) groups is 1. The van der Waals surface area contributed by atoms with Gasteiger partial charge in [-0.3, -0.25) is 4.55 Å². The fourth-order valence-electron chi connectivity index (χ4n) is 1.78. The SMILES string of the molecule is Cc1ccc(S(=O)(=O)Oc2ccc(S(=O)(=O)O)cc2C(=O)O)cc1. The minimum atomic E-state index is -4.64. The van der Waals surface area contributed by atoms with Crippen LogP contribution in [-0.4, -0.2) is 32.5 Å². The summed E-state index contributed by atoms with van der Waals surface area (Å²) in [6.07, 6.45) is 0. The third-order valence-electron chi connectivity index (χ3n) is 2.99. The van der Waals surface area contributed by atoms with Crippen LogP contribution in [0.25, 0.3) is 0 Å². The molecular formula is C14H12O8S2. The Morgan fingerprint density at radius 3 is 2.00 bits per heavy atom. The molecule has 0 bridgehead atoms. The quantitative estimate of drug-likeness (QED) is 0.598. The molecule has 2 aromatic carbocycles. The zero-order valence-electron chi connectivity index (χ0n) is 12.2. The van der Waals surface area contributed by atoms with Crippen molar-refractivity contribution in [2.45, 2.75) is 16.7 Å². The second-order valence-corrected chi connectivity index (χ2v) is 7.76. The third-order valence-corrected chi connectivity index (χ3v) is 5.09. The Kier molecular flexibility index (Phi) is 4.65. The maximum atomic E-state index is 12.2. The highest BCUT2D eigenvalue weighted by molar-refractivity contribution is 7.87. The average molecular weight is 372 g/mol. The summed E-state index contributed by atoms with van der Waals surface area (Å²) in [7, 11) is -8.95. The number of benzene rings is 2. The molecule has 0 radical (unpaired) electrons. The second-order valence-electron chi connectivity index (χ2n) is 4.79. The van der Waals surface area contributed by atoms with E-state index in [1.807, 2.05) is 0 Å². The van der Waals surface area contributed by atoms with Crippen molar-refractivity contribution in [1.82, 2.24) is 0 Å². The molecule has 0 unspecified atom stereocenters. The van der Waals surface area contributed by atoms with Crippen molar-refractivity contribution in [1.29, 1.82) is 0 Å². The van der Waals surface area contributed by atoms with Crippen molar-refractivity contribution >= 4 is 26.2 Å². The molecule has 8 nitrogen and oxygen atoms in total. The van der Waals surface area contributed by atoms with Gasteiger partial charge in [0, 0.05) is 0 Å². The van der Waals surface area contributed by atoms with Crippen LogP contribution in [0.3, 0.4) is 0 Å². The summed E-state index contributed by atoms with van der Waals surface area (Å²) >= 11 is 0. The number of hydrogen-bond donors (Lipinski definition) is 2.